The standard InChI is InChI=1S/C35H37N5O3/c41-34(36-23-28-7-3-1-4-8-28)27-43-33-17-13-29(14-18-33)24-37-38-35(42)32-15-11-31(12-16-32)26-40-21-19-39(20-22-40)25-30-9-5-2-6-10-30/h1-18,24H,19-23,25-27H2,(H,36,41)(H,38,42)/b37-24-. The topological polar surface area (TPSA) is 86.3 Å². The quantitative estimate of drug-likeness (QED) is 0.192. The Hall–Kier alpha value is -4.79. The van der Waals surface area contributed by atoms with E-state index in [2.05, 4.69) is 56.0 Å². The number of hydrogen-bond donors (Lipinski definition) is 2. The van der Waals surface area contributed by atoms with E-state index < -0.39 is 0 Å². The highest BCUT2D eigenvalue weighted by atomic mass is 16.5. The van der Waals surface area contributed by atoms with Crippen molar-refractivity contribution in [2.24, 2.45) is 5.10 Å². The lowest BCUT2D eigenvalue weighted by Gasteiger charge is -2.34. The number of piperazine rings is 1. The molecule has 1 heterocycles. The minimum atomic E-state index is -0.265. The summed E-state index contributed by atoms with van der Waals surface area (Å²) in [5.41, 5.74) is 7.51. The summed E-state index contributed by atoms with van der Waals surface area (Å²) in [5.74, 6) is 0.117. The fourth-order valence-electron chi connectivity index (χ4n) is 4.84. The van der Waals surface area contributed by atoms with Crippen molar-refractivity contribution in [3.63, 3.8) is 0 Å². The average Bonchev–Trinajstić information content (AvgIpc) is 3.05. The number of nitrogens with one attached hydrogen (secondary N) is 2. The van der Waals surface area contributed by atoms with Gasteiger partial charge >= 0.3 is 0 Å². The minimum Gasteiger partial charge on any atom is -0.484 e. The minimum absolute atomic E-state index is 0.0689. The van der Waals surface area contributed by atoms with E-state index in [1.807, 2.05) is 66.7 Å². The van der Waals surface area contributed by atoms with Gasteiger partial charge < -0.3 is 10.1 Å². The van der Waals surface area contributed by atoms with Crippen molar-refractivity contribution in [3.8, 4) is 5.75 Å². The van der Waals surface area contributed by atoms with Crippen LogP contribution in [-0.4, -0.2) is 60.6 Å². The van der Waals surface area contributed by atoms with Crippen molar-refractivity contribution in [1.29, 1.82) is 0 Å². The third-order valence-corrected chi connectivity index (χ3v) is 7.30. The van der Waals surface area contributed by atoms with E-state index in [1.54, 1.807) is 18.3 Å². The molecule has 220 valence electrons. The first-order valence-electron chi connectivity index (χ1n) is 14.6. The van der Waals surface area contributed by atoms with Crippen molar-refractivity contribution in [3.05, 3.63) is 137 Å². The highest BCUT2D eigenvalue weighted by Gasteiger charge is 2.17. The Bertz CT molecular complexity index is 1470. The molecule has 0 aliphatic carbocycles. The zero-order valence-electron chi connectivity index (χ0n) is 24.2. The first kappa shape index (κ1) is 29.7. The number of carbonyl (C=O) groups is 2. The molecule has 0 saturated carbocycles. The maximum absolute atomic E-state index is 12.6. The van der Waals surface area contributed by atoms with Gasteiger partial charge in [-0.1, -0.05) is 72.8 Å². The van der Waals surface area contributed by atoms with Gasteiger partial charge in [-0.2, -0.15) is 5.10 Å². The number of hydrazone groups is 1. The second kappa shape index (κ2) is 15.4. The van der Waals surface area contributed by atoms with Crippen LogP contribution in [0.1, 0.15) is 32.6 Å². The van der Waals surface area contributed by atoms with Crippen LogP contribution in [0.3, 0.4) is 0 Å². The van der Waals surface area contributed by atoms with Gasteiger partial charge in [0.05, 0.1) is 6.21 Å². The summed E-state index contributed by atoms with van der Waals surface area (Å²) in [6.45, 7) is 6.42. The largest absolute Gasteiger partial charge is 0.484 e. The second-order valence-corrected chi connectivity index (χ2v) is 10.6. The number of benzene rings is 4. The van der Waals surface area contributed by atoms with Gasteiger partial charge in [0, 0.05) is 51.4 Å². The van der Waals surface area contributed by atoms with Gasteiger partial charge in [0.25, 0.3) is 11.8 Å². The highest BCUT2D eigenvalue weighted by molar-refractivity contribution is 5.94. The Labute approximate surface area is 253 Å². The predicted octanol–water partition coefficient (Wildman–Crippen LogP) is 4.46. The van der Waals surface area contributed by atoms with Gasteiger partial charge in [-0.3, -0.25) is 19.4 Å². The van der Waals surface area contributed by atoms with Crippen LogP contribution in [0, 0.1) is 0 Å². The number of nitrogens with zero attached hydrogens (tertiary/aromatic N) is 3. The van der Waals surface area contributed by atoms with E-state index in [-0.39, 0.29) is 18.4 Å². The fraction of sp³-hybridized carbons (Fsp3) is 0.229. The first-order chi connectivity index (χ1) is 21.1. The molecule has 8 heteroatoms. The summed E-state index contributed by atoms with van der Waals surface area (Å²) in [5, 5.41) is 6.92. The second-order valence-electron chi connectivity index (χ2n) is 10.6. The molecule has 1 aliphatic rings. The molecule has 1 saturated heterocycles. The van der Waals surface area contributed by atoms with Crippen LogP contribution in [0.15, 0.2) is 114 Å². The normalized spacial score (nSPS) is 14.0. The van der Waals surface area contributed by atoms with E-state index in [0.29, 0.717) is 17.9 Å². The lowest BCUT2D eigenvalue weighted by atomic mass is 10.1. The van der Waals surface area contributed by atoms with Gasteiger partial charge in [0.15, 0.2) is 6.61 Å². The van der Waals surface area contributed by atoms with Crippen LogP contribution in [-0.2, 0) is 24.4 Å². The molecule has 0 radical (unpaired) electrons. The summed E-state index contributed by atoms with van der Waals surface area (Å²) in [7, 11) is 0. The molecule has 0 unspecified atom stereocenters. The molecule has 1 fully saturated rings. The molecule has 4 aromatic carbocycles. The van der Waals surface area contributed by atoms with Crippen LogP contribution < -0.4 is 15.5 Å². The number of hydrogen-bond acceptors (Lipinski definition) is 6. The Kier molecular flexibility index (Phi) is 10.7. The van der Waals surface area contributed by atoms with Crippen LogP contribution in [0.5, 0.6) is 5.75 Å². The van der Waals surface area contributed by atoms with Crippen LogP contribution >= 0.6 is 0 Å². The van der Waals surface area contributed by atoms with E-state index in [0.717, 1.165) is 50.4 Å². The van der Waals surface area contributed by atoms with Gasteiger partial charge in [0.1, 0.15) is 5.75 Å². The number of rotatable bonds is 12. The van der Waals surface area contributed by atoms with E-state index in [4.69, 9.17) is 4.74 Å². The molecule has 8 nitrogen and oxygen atoms in total. The summed E-state index contributed by atoms with van der Waals surface area (Å²) in [6.07, 6.45) is 1.57. The Morgan fingerprint density at radius 1 is 0.698 bits per heavy atom. The number of carbonyl (C=O) groups excluding carboxylic acids is 2. The summed E-state index contributed by atoms with van der Waals surface area (Å²) < 4.78 is 5.56. The number of amides is 2. The van der Waals surface area contributed by atoms with Crippen LogP contribution in [0.4, 0.5) is 0 Å². The zero-order chi connectivity index (χ0) is 29.7. The molecular weight excluding hydrogens is 538 g/mol. The molecule has 43 heavy (non-hydrogen) atoms. The Morgan fingerprint density at radius 2 is 1.26 bits per heavy atom. The Morgan fingerprint density at radius 3 is 1.86 bits per heavy atom. The van der Waals surface area contributed by atoms with Crippen molar-refractivity contribution in [1.82, 2.24) is 20.5 Å². The van der Waals surface area contributed by atoms with E-state index in [9.17, 15) is 9.59 Å². The first-order valence-corrected chi connectivity index (χ1v) is 14.6. The molecule has 0 atom stereocenters. The zero-order valence-corrected chi connectivity index (χ0v) is 24.2. The third-order valence-electron chi connectivity index (χ3n) is 7.30. The van der Waals surface area contributed by atoms with Gasteiger partial charge in [-0.05, 0) is 58.7 Å². The average molecular weight is 576 g/mol. The maximum atomic E-state index is 12.6. The Balaban J connectivity index is 0.996. The molecule has 2 amide bonds. The van der Waals surface area contributed by atoms with E-state index >= 15 is 0 Å². The molecule has 0 spiro atoms. The van der Waals surface area contributed by atoms with Crippen molar-refractivity contribution in [2.75, 3.05) is 32.8 Å². The highest BCUT2D eigenvalue weighted by Crippen LogP contribution is 2.13. The van der Waals surface area contributed by atoms with Gasteiger partial charge in [0.2, 0.25) is 0 Å². The predicted molar refractivity (Wildman–Crippen MR) is 169 cm³/mol. The molecule has 5 rings (SSSR count). The lowest BCUT2D eigenvalue weighted by Crippen LogP contribution is -2.45. The number of ether oxygens (including phenoxy) is 1. The summed E-state index contributed by atoms with van der Waals surface area (Å²) in [6, 6.07) is 35.2. The molecule has 1 aliphatic heterocycles. The van der Waals surface area contributed by atoms with Crippen molar-refractivity contribution in [2.45, 2.75) is 19.6 Å². The molecule has 4 aromatic rings. The summed E-state index contributed by atoms with van der Waals surface area (Å²) in [4.78, 5) is 29.6. The van der Waals surface area contributed by atoms with Crippen LogP contribution in [0.2, 0.25) is 0 Å². The SMILES string of the molecule is O=C(COc1ccc(/C=N\NC(=O)c2ccc(CN3CCN(Cc4ccccc4)CC3)cc2)cc1)NCc1ccccc1. The maximum Gasteiger partial charge on any atom is 0.271 e. The molecule has 2 N–H and O–H groups in total. The molecule has 0 aromatic heterocycles. The fourth-order valence-corrected chi connectivity index (χ4v) is 4.84. The molecular formula is C35H37N5O3. The molecule has 0 bridgehead atoms. The van der Waals surface area contributed by atoms with Crippen molar-refractivity contribution < 1.29 is 14.3 Å². The summed E-state index contributed by atoms with van der Waals surface area (Å²) >= 11 is 0. The van der Waals surface area contributed by atoms with Gasteiger partial charge in [-0.15, -0.1) is 0 Å². The monoisotopic (exact) mass is 575 g/mol. The lowest BCUT2D eigenvalue weighted by molar-refractivity contribution is -0.123. The smallest absolute Gasteiger partial charge is 0.271 e. The van der Waals surface area contributed by atoms with Crippen LogP contribution in [0.25, 0.3) is 0 Å². The van der Waals surface area contributed by atoms with Crippen molar-refractivity contribution >= 4 is 18.0 Å². The third kappa shape index (κ3) is 9.63. The van der Waals surface area contributed by atoms with E-state index in [1.165, 1.54) is 11.1 Å². The van der Waals surface area contributed by atoms with Gasteiger partial charge in [-0.25, -0.2) is 5.43 Å².